The van der Waals surface area contributed by atoms with Crippen molar-refractivity contribution >= 4 is 5.95 Å². The average Bonchev–Trinajstić information content (AvgIpc) is 2.73. The molecule has 2 N–H and O–H groups in total. The van der Waals surface area contributed by atoms with E-state index in [-0.39, 0.29) is 12.0 Å². The number of nitrogens with zero attached hydrogens (tertiary/aromatic N) is 5. The molecule has 7 nitrogen and oxygen atoms in total. The first-order chi connectivity index (χ1) is 6.68. The molecule has 0 saturated carbocycles. The van der Waals surface area contributed by atoms with Crippen LogP contribution in [0.4, 0.5) is 5.95 Å². The van der Waals surface area contributed by atoms with E-state index >= 15 is 0 Å². The van der Waals surface area contributed by atoms with Crippen molar-refractivity contribution in [3.63, 3.8) is 0 Å². The van der Waals surface area contributed by atoms with Gasteiger partial charge >= 0.3 is 0 Å². The summed E-state index contributed by atoms with van der Waals surface area (Å²) >= 11 is 0. The molecular weight excluding hydrogens is 184 g/mol. The molecular formula is C7H10N6O. The standard InChI is InChI=1S/C7H10N6O/c1-4-3-9-6(14-4)5(2)13-7(8)10-11-12-13/h3,5H,1-2H3,(H2,8,10,12). The van der Waals surface area contributed by atoms with Crippen LogP contribution in [0.25, 0.3) is 0 Å². The topological polar surface area (TPSA) is 95.7 Å². The summed E-state index contributed by atoms with van der Waals surface area (Å²) in [5.41, 5.74) is 5.54. The van der Waals surface area contributed by atoms with Crippen molar-refractivity contribution in [3.05, 3.63) is 17.8 Å². The smallest absolute Gasteiger partial charge is 0.241 e. The Labute approximate surface area is 79.9 Å². The normalized spacial score (nSPS) is 13.0. The monoisotopic (exact) mass is 194 g/mol. The van der Waals surface area contributed by atoms with Crippen molar-refractivity contribution < 1.29 is 4.42 Å². The molecule has 74 valence electrons. The number of aromatic nitrogens is 5. The van der Waals surface area contributed by atoms with Crippen LogP contribution in [0.15, 0.2) is 10.6 Å². The molecule has 0 amide bonds. The lowest BCUT2D eigenvalue weighted by Gasteiger charge is -2.06. The van der Waals surface area contributed by atoms with E-state index in [4.69, 9.17) is 10.2 Å². The van der Waals surface area contributed by atoms with Crippen LogP contribution < -0.4 is 5.73 Å². The zero-order chi connectivity index (χ0) is 10.1. The van der Waals surface area contributed by atoms with Gasteiger partial charge in [-0.2, -0.15) is 4.68 Å². The zero-order valence-electron chi connectivity index (χ0n) is 7.88. The Morgan fingerprint density at radius 3 is 2.86 bits per heavy atom. The van der Waals surface area contributed by atoms with Crippen molar-refractivity contribution in [3.8, 4) is 0 Å². The van der Waals surface area contributed by atoms with Gasteiger partial charge in [-0.25, -0.2) is 4.98 Å². The van der Waals surface area contributed by atoms with Crippen molar-refractivity contribution in [2.24, 2.45) is 0 Å². The summed E-state index contributed by atoms with van der Waals surface area (Å²) in [4.78, 5) is 4.07. The second-order valence-electron chi connectivity index (χ2n) is 2.97. The molecule has 0 bridgehead atoms. The third kappa shape index (κ3) is 1.32. The average molecular weight is 194 g/mol. The molecule has 0 spiro atoms. The molecule has 1 unspecified atom stereocenters. The van der Waals surface area contributed by atoms with E-state index < -0.39 is 0 Å². The molecule has 0 aliphatic carbocycles. The van der Waals surface area contributed by atoms with Gasteiger partial charge in [0.05, 0.1) is 6.20 Å². The number of hydrogen-bond acceptors (Lipinski definition) is 6. The fourth-order valence-electron chi connectivity index (χ4n) is 1.15. The number of nitrogens with two attached hydrogens (primary N) is 1. The second-order valence-corrected chi connectivity index (χ2v) is 2.97. The Hall–Kier alpha value is -1.92. The summed E-state index contributed by atoms with van der Waals surface area (Å²) in [5.74, 6) is 1.54. The fourth-order valence-corrected chi connectivity index (χ4v) is 1.15. The molecule has 0 fully saturated rings. The second kappa shape index (κ2) is 3.09. The predicted molar refractivity (Wildman–Crippen MR) is 47.3 cm³/mol. The number of tetrazole rings is 1. The first-order valence-corrected chi connectivity index (χ1v) is 4.14. The van der Waals surface area contributed by atoms with Gasteiger partial charge in [0.25, 0.3) is 0 Å². The predicted octanol–water partition coefficient (Wildman–Crippen LogP) is 0.161. The molecule has 0 aliphatic rings. The maximum atomic E-state index is 5.54. The SMILES string of the molecule is Cc1cnc(C(C)n2nnnc2N)o1. The Bertz CT molecular complexity index is 433. The van der Waals surface area contributed by atoms with Crippen LogP contribution in [0, 0.1) is 6.92 Å². The van der Waals surface area contributed by atoms with Gasteiger partial charge in [-0.05, 0) is 24.3 Å². The van der Waals surface area contributed by atoms with Crippen molar-refractivity contribution in [1.29, 1.82) is 0 Å². The Kier molecular flexibility index (Phi) is 1.91. The first-order valence-electron chi connectivity index (χ1n) is 4.14. The van der Waals surface area contributed by atoms with Crippen LogP contribution in [0.3, 0.4) is 0 Å². The molecule has 0 aromatic carbocycles. The summed E-state index contributed by atoms with van der Waals surface area (Å²) in [5, 5.41) is 10.8. The maximum absolute atomic E-state index is 5.54. The highest BCUT2D eigenvalue weighted by Crippen LogP contribution is 2.17. The number of hydrogen-bond donors (Lipinski definition) is 1. The molecule has 0 radical (unpaired) electrons. The van der Waals surface area contributed by atoms with Crippen molar-refractivity contribution in [2.75, 3.05) is 5.73 Å². The van der Waals surface area contributed by atoms with E-state index in [1.807, 2.05) is 13.8 Å². The van der Waals surface area contributed by atoms with Gasteiger partial charge in [0.15, 0.2) is 0 Å². The van der Waals surface area contributed by atoms with Crippen LogP contribution in [0.5, 0.6) is 0 Å². The molecule has 7 heteroatoms. The summed E-state index contributed by atoms with van der Waals surface area (Å²) < 4.78 is 6.79. The molecule has 2 heterocycles. The Balaban J connectivity index is 2.33. The van der Waals surface area contributed by atoms with Gasteiger partial charge in [-0.15, -0.1) is 0 Å². The number of oxazole rings is 1. The van der Waals surface area contributed by atoms with E-state index in [2.05, 4.69) is 20.5 Å². The van der Waals surface area contributed by atoms with E-state index in [1.165, 1.54) is 4.68 Å². The fraction of sp³-hybridized carbons (Fsp3) is 0.429. The molecule has 1 atom stereocenters. The van der Waals surface area contributed by atoms with E-state index in [0.29, 0.717) is 5.89 Å². The molecule has 0 aliphatic heterocycles. The third-order valence-corrected chi connectivity index (χ3v) is 1.88. The van der Waals surface area contributed by atoms with Crippen LogP contribution in [0.2, 0.25) is 0 Å². The molecule has 2 aromatic rings. The van der Waals surface area contributed by atoms with Gasteiger partial charge in [-0.1, -0.05) is 5.10 Å². The van der Waals surface area contributed by atoms with Crippen LogP contribution >= 0.6 is 0 Å². The quantitative estimate of drug-likeness (QED) is 0.731. The number of nitrogen functional groups attached to an aromatic ring is 1. The summed E-state index contributed by atoms with van der Waals surface area (Å²) in [6, 6.07) is -0.196. The lowest BCUT2D eigenvalue weighted by Crippen LogP contribution is -2.12. The van der Waals surface area contributed by atoms with Gasteiger partial charge in [-0.3, -0.25) is 0 Å². The lowest BCUT2D eigenvalue weighted by molar-refractivity contribution is 0.396. The first kappa shape index (κ1) is 8.67. The van der Waals surface area contributed by atoms with Gasteiger partial charge in [0.2, 0.25) is 11.8 Å². The highest BCUT2D eigenvalue weighted by molar-refractivity contribution is 5.13. The van der Waals surface area contributed by atoms with E-state index in [0.717, 1.165) is 5.76 Å². The number of rotatable bonds is 2. The largest absolute Gasteiger partial charge is 0.444 e. The number of anilines is 1. The molecule has 2 rings (SSSR count). The van der Waals surface area contributed by atoms with Gasteiger partial charge < -0.3 is 10.2 Å². The minimum Gasteiger partial charge on any atom is -0.444 e. The van der Waals surface area contributed by atoms with Crippen LogP contribution in [-0.2, 0) is 0 Å². The van der Waals surface area contributed by atoms with E-state index in [1.54, 1.807) is 6.20 Å². The maximum Gasteiger partial charge on any atom is 0.241 e. The summed E-state index contributed by atoms with van der Waals surface area (Å²) in [6.45, 7) is 3.68. The molecule has 2 aromatic heterocycles. The minimum absolute atomic E-state index is 0.196. The van der Waals surface area contributed by atoms with Gasteiger partial charge in [0.1, 0.15) is 11.8 Å². The highest BCUT2D eigenvalue weighted by Gasteiger charge is 2.17. The van der Waals surface area contributed by atoms with Crippen molar-refractivity contribution in [2.45, 2.75) is 19.9 Å². The lowest BCUT2D eigenvalue weighted by atomic mass is 10.3. The zero-order valence-corrected chi connectivity index (χ0v) is 7.88. The molecule has 0 saturated heterocycles. The van der Waals surface area contributed by atoms with Crippen molar-refractivity contribution in [1.82, 2.24) is 25.2 Å². The Morgan fingerprint density at radius 2 is 2.36 bits per heavy atom. The third-order valence-electron chi connectivity index (χ3n) is 1.88. The number of aryl methyl sites for hydroxylation is 1. The minimum atomic E-state index is -0.196. The highest BCUT2D eigenvalue weighted by atomic mass is 16.4. The van der Waals surface area contributed by atoms with Gasteiger partial charge in [0, 0.05) is 0 Å². The Morgan fingerprint density at radius 1 is 1.57 bits per heavy atom. The summed E-state index contributed by atoms with van der Waals surface area (Å²) in [7, 11) is 0. The summed E-state index contributed by atoms with van der Waals surface area (Å²) in [6.07, 6.45) is 1.65. The molecule has 14 heavy (non-hydrogen) atoms. The van der Waals surface area contributed by atoms with Crippen LogP contribution in [0.1, 0.15) is 24.6 Å². The van der Waals surface area contributed by atoms with E-state index in [9.17, 15) is 0 Å². The van der Waals surface area contributed by atoms with Crippen LogP contribution in [-0.4, -0.2) is 25.2 Å².